The van der Waals surface area contributed by atoms with Crippen molar-refractivity contribution in [1.82, 2.24) is 24.8 Å². The molecule has 1 atom stereocenters. The van der Waals surface area contributed by atoms with Crippen LogP contribution >= 0.6 is 0 Å². The van der Waals surface area contributed by atoms with Gasteiger partial charge in [0.1, 0.15) is 11.6 Å². The van der Waals surface area contributed by atoms with Gasteiger partial charge in [0.2, 0.25) is 10.0 Å². The summed E-state index contributed by atoms with van der Waals surface area (Å²) in [4.78, 5) is 6.77. The van der Waals surface area contributed by atoms with Crippen LogP contribution in [0.2, 0.25) is 0 Å². The molecule has 1 heterocycles. The Bertz CT molecular complexity index is 1100. The van der Waals surface area contributed by atoms with Gasteiger partial charge in [0, 0.05) is 6.42 Å². The zero-order valence-corrected chi connectivity index (χ0v) is 20.7. The fourth-order valence-corrected chi connectivity index (χ4v) is 5.11. The lowest BCUT2D eigenvalue weighted by Gasteiger charge is -2.19. The number of benzene rings is 2. The van der Waals surface area contributed by atoms with Crippen molar-refractivity contribution in [2.45, 2.75) is 45.6 Å². The van der Waals surface area contributed by atoms with Crippen LogP contribution in [0.25, 0.3) is 0 Å². The summed E-state index contributed by atoms with van der Waals surface area (Å²) < 4.78 is 41.8. The first-order chi connectivity index (χ1) is 16.4. The molecule has 0 fully saturated rings. The minimum absolute atomic E-state index is 0.0538. The maximum atomic E-state index is 13.2. The second-order valence-corrected chi connectivity index (χ2v) is 10.2. The van der Waals surface area contributed by atoms with Crippen LogP contribution in [-0.2, 0) is 22.9 Å². The number of nitrogens with one attached hydrogen (secondary N) is 2. The first kappa shape index (κ1) is 26.0. The number of aromatic amines is 1. The fourth-order valence-electron chi connectivity index (χ4n) is 3.83. The molecular formula is C25H34FN5O2S. The van der Waals surface area contributed by atoms with E-state index in [0.717, 1.165) is 30.8 Å². The molecule has 0 aliphatic rings. The lowest BCUT2D eigenvalue weighted by Crippen LogP contribution is -2.33. The summed E-state index contributed by atoms with van der Waals surface area (Å²) in [5, 5.41) is 7.23. The van der Waals surface area contributed by atoms with Crippen LogP contribution in [0, 0.1) is 5.82 Å². The Hall–Kier alpha value is -2.62. The fraction of sp³-hybridized carbons (Fsp3) is 0.440. The number of rotatable bonds is 14. The summed E-state index contributed by atoms with van der Waals surface area (Å²) >= 11 is 0. The molecular weight excluding hydrogens is 453 g/mol. The van der Waals surface area contributed by atoms with Gasteiger partial charge in [0.15, 0.2) is 5.82 Å². The highest BCUT2D eigenvalue weighted by molar-refractivity contribution is 7.89. The van der Waals surface area contributed by atoms with Crippen LogP contribution in [0.3, 0.4) is 0 Å². The topological polar surface area (TPSA) is 91.0 Å². The number of H-pyrrole nitrogens is 1. The number of aryl methyl sites for hydroxylation is 1. The molecule has 2 aromatic carbocycles. The molecule has 9 heteroatoms. The summed E-state index contributed by atoms with van der Waals surface area (Å²) in [5.41, 5.74) is 2.01. The Labute approximate surface area is 201 Å². The molecule has 0 saturated carbocycles. The Morgan fingerprint density at radius 1 is 1.03 bits per heavy atom. The van der Waals surface area contributed by atoms with Gasteiger partial charge in [-0.15, -0.1) is 0 Å². The molecule has 0 spiro atoms. The molecule has 0 aliphatic carbocycles. The van der Waals surface area contributed by atoms with Crippen LogP contribution in [0.5, 0.6) is 0 Å². The molecule has 2 N–H and O–H groups in total. The van der Waals surface area contributed by atoms with Crippen LogP contribution in [0.15, 0.2) is 54.6 Å². The third-order valence-electron chi connectivity index (χ3n) is 5.81. The zero-order chi connectivity index (χ0) is 24.4. The molecule has 3 aromatic rings. The summed E-state index contributed by atoms with van der Waals surface area (Å²) in [6, 6.07) is 15.6. The normalized spacial score (nSPS) is 12.8. The maximum absolute atomic E-state index is 13.2. The number of aromatic nitrogens is 3. The molecule has 1 aromatic heterocycles. The minimum Gasteiger partial charge on any atom is -0.304 e. The first-order valence-corrected chi connectivity index (χ1v) is 13.5. The first-order valence-electron chi connectivity index (χ1n) is 11.8. The van der Waals surface area contributed by atoms with Gasteiger partial charge in [-0.3, -0.25) is 5.10 Å². The minimum atomic E-state index is -3.51. The van der Waals surface area contributed by atoms with E-state index >= 15 is 0 Å². The summed E-state index contributed by atoms with van der Waals surface area (Å²) in [6.07, 6.45) is 2.24. The van der Waals surface area contributed by atoms with Gasteiger partial charge in [-0.05, 0) is 62.2 Å². The molecule has 0 unspecified atom stereocenters. The monoisotopic (exact) mass is 487 g/mol. The van der Waals surface area contributed by atoms with Gasteiger partial charge >= 0.3 is 0 Å². The molecule has 0 amide bonds. The van der Waals surface area contributed by atoms with E-state index < -0.39 is 16.1 Å². The Morgan fingerprint density at radius 3 is 2.41 bits per heavy atom. The third kappa shape index (κ3) is 8.30. The third-order valence-corrected chi connectivity index (χ3v) is 7.28. The quantitative estimate of drug-likeness (QED) is 0.360. The molecule has 34 heavy (non-hydrogen) atoms. The standard InChI is InChI=1S/C25H34FN5O2S/c1-3-31(4-2)17-8-18-34(32,33)30-23(16-13-20-9-6-5-7-10-20)25-27-24(28-29-25)19-21-11-14-22(26)15-12-21/h5-7,9-12,14-15,23,30H,3-4,8,13,16-19H2,1-2H3,(H,27,28,29)/t23-/m1/s1. The molecule has 0 aliphatic heterocycles. The van der Waals surface area contributed by atoms with Crippen molar-refractivity contribution >= 4 is 10.0 Å². The predicted octanol–water partition coefficient (Wildman–Crippen LogP) is 3.86. The van der Waals surface area contributed by atoms with E-state index in [1.54, 1.807) is 12.1 Å². The highest BCUT2D eigenvalue weighted by Crippen LogP contribution is 2.19. The van der Waals surface area contributed by atoms with E-state index in [4.69, 9.17) is 0 Å². The SMILES string of the molecule is CCN(CC)CCCS(=O)(=O)N[C@H](CCc1ccccc1)c1n[nH]c(Cc2ccc(F)cc2)n1. The van der Waals surface area contributed by atoms with E-state index in [0.29, 0.717) is 37.3 Å². The van der Waals surface area contributed by atoms with E-state index in [1.807, 2.05) is 30.3 Å². The lowest BCUT2D eigenvalue weighted by molar-refractivity contribution is 0.304. The van der Waals surface area contributed by atoms with Gasteiger partial charge in [0.05, 0.1) is 11.8 Å². The molecule has 0 radical (unpaired) electrons. The number of hydrogen-bond acceptors (Lipinski definition) is 5. The highest BCUT2D eigenvalue weighted by atomic mass is 32.2. The summed E-state index contributed by atoms with van der Waals surface area (Å²) in [7, 11) is -3.51. The number of sulfonamides is 1. The van der Waals surface area contributed by atoms with E-state index in [9.17, 15) is 12.8 Å². The second-order valence-electron chi connectivity index (χ2n) is 8.34. The highest BCUT2D eigenvalue weighted by Gasteiger charge is 2.23. The zero-order valence-electron chi connectivity index (χ0n) is 19.9. The van der Waals surface area contributed by atoms with Gasteiger partial charge in [-0.2, -0.15) is 5.10 Å². The van der Waals surface area contributed by atoms with Crippen molar-refractivity contribution in [3.05, 3.63) is 83.2 Å². The number of nitrogens with zero attached hydrogens (tertiary/aromatic N) is 3. The lowest BCUT2D eigenvalue weighted by atomic mass is 10.1. The number of hydrogen-bond donors (Lipinski definition) is 2. The maximum Gasteiger partial charge on any atom is 0.212 e. The molecule has 0 saturated heterocycles. The van der Waals surface area contributed by atoms with Crippen molar-refractivity contribution in [2.24, 2.45) is 0 Å². The van der Waals surface area contributed by atoms with E-state index in [2.05, 4.69) is 38.7 Å². The Balaban J connectivity index is 1.70. The average Bonchev–Trinajstić information content (AvgIpc) is 3.30. The van der Waals surface area contributed by atoms with Gasteiger partial charge < -0.3 is 4.90 Å². The smallest absolute Gasteiger partial charge is 0.212 e. The van der Waals surface area contributed by atoms with Crippen molar-refractivity contribution in [1.29, 1.82) is 0 Å². The average molecular weight is 488 g/mol. The second kappa shape index (κ2) is 12.7. The molecule has 7 nitrogen and oxygen atoms in total. The summed E-state index contributed by atoms with van der Waals surface area (Å²) in [6.45, 7) is 6.69. The Morgan fingerprint density at radius 2 is 1.74 bits per heavy atom. The van der Waals surface area contributed by atoms with E-state index in [1.165, 1.54) is 12.1 Å². The van der Waals surface area contributed by atoms with Gasteiger partial charge in [-0.1, -0.05) is 56.3 Å². The van der Waals surface area contributed by atoms with Crippen LogP contribution < -0.4 is 4.72 Å². The predicted molar refractivity (Wildman–Crippen MR) is 132 cm³/mol. The van der Waals surface area contributed by atoms with Gasteiger partial charge in [0.25, 0.3) is 0 Å². The van der Waals surface area contributed by atoms with Crippen LogP contribution in [0.4, 0.5) is 4.39 Å². The van der Waals surface area contributed by atoms with Crippen LogP contribution in [0.1, 0.15) is 55.5 Å². The Kier molecular flexibility index (Phi) is 9.74. The van der Waals surface area contributed by atoms with Crippen molar-refractivity contribution in [2.75, 3.05) is 25.4 Å². The van der Waals surface area contributed by atoms with Crippen molar-refractivity contribution < 1.29 is 12.8 Å². The van der Waals surface area contributed by atoms with Gasteiger partial charge in [-0.25, -0.2) is 22.5 Å². The summed E-state index contributed by atoms with van der Waals surface area (Å²) in [5.74, 6) is 0.781. The largest absolute Gasteiger partial charge is 0.304 e. The molecule has 0 bridgehead atoms. The number of halogens is 1. The van der Waals surface area contributed by atoms with E-state index in [-0.39, 0.29) is 11.6 Å². The van der Waals surface area contributed by atoms with Crippen molar-refractivity contribution in [3.8, 4) is 0 Å². The molecule has 184 valence electrons. The molecule has 3 rings (SSSR count). The van der Waals surface area contributed by atoms with Crippen LogP contribution in [-0.4, -0.2) is 53.9 Å². The van der Waals surface area contributed by atoms with Crippen molar-refractivity contribution in [3.63, 3.8) is 0 Å².